The van der Waals surface area contributed by atoms with Gasteiger partial charge in [-0.15, -0.1) is 0 Å². The minimum Gasteiger partial charge on any atom is -0.462 e. The summed E-state index contributed by atoms with van der Waals surface area (Å²) < 4.78 is 5.07. The normalized spacial score (nSPS) is 25.9. The van der Waals surface area contributed by atoms with E-state index in [9.17, 15) is 4.79 Å². The molecule has 124 valence electrons. The van der Waals surface area contributed by atoms with Crippen LogP contribution in [0.5, 0.6) is 0 Å². The number of hydrogen-bond acceptors (Lipinski definition) is 4. The number of carbonyl (C=O) groups is 1. The summed E-state index contributed by atoms with van der Waals surface area (Å²) in [6.07, 6.45) is 11.2. The van der Waals surface area contributed by atoms with Crippen molar-refractivity contribution in [1.82, 2.24) is 9.88 Å². The van der Waals surface area contributed by atoms with Crippen molar-refractivity contribution in [3.8, 4) is 0 Å². The predicted molar refractivity (Wildman–Crippen MR) is 88.2 cm³/mol. The smallest absolute Gasteiger partial charge is 0.339 e. The lowest BCUT2D eigenvalue weighted by Crippen LogP contribution is -2.39. The van der Waals surface area contributed by atoms with E-state index in [0.29, 0.717) is 17.6 Å². The highest BCUT2D eigenvalue weighted by molar-refractivity contribution is 5.89. The van der Waals surface area contributed by atoms with Gasteiger partial charge in [-0.1, -0.05) is 6.42 Å². The van der Waals surface area contributed by atoms with Crippen molar-refractivity contribution in [1.29, 1.82) is 0 Å². The van der Waals surface area contributed by atoms with Crippen molar-refractivity contribution in [3.05, 3.63) is 29.1 Å². The quantitative estimate of drug-likeness (QED) is 0.803. The van der Waals surface area contributed by atoms with Gasteiger partial charge in [-0.3, -0.25) is 9.88 Å². The number of ether oxygens (including phenoxy) is 1. The number of fused-ring (bicyclic) bond motifs is 1. The van der Waals surface area contributed by atoms with Crippen LogP contribution in [0, 0.1) is 5.41 Å². The van der Waals surface area contributed by atoms with Gasteiger partial charge in [-0.05, 0) is 62.5 Å². The molecule has 0 unspecified atom stereocenters. The molecule has 4 rings (SSSR count). The van der Waals surface area contributed by atoms with Gasteiger partial charge < -0.3 is 4.74 Å². The van der Waals surface area contributed by atoms with E-state index >= 15 is 0 Å². The Bertz CT molecular complexity index is 609. The fourth-order valence-electron chi connectivity index (χ4n) is 4.69. The molecule has 1 atom stereocenters. The van der Waals surface area contributed by atoms with E-state index in [1.807, 2.05) is 13.0 Å². The number of pyridine rings is 1. The van der Waals surface area contributed by atoms with Gasteiger partial charge in [0.1, 0.15) is 0 Å². The molecular formula is C19H26N2O2. The van der Waals surface area contributed by atoms with Crippen LogP contribution >= 0.6 is 0 Å². The van der Waals surface area contributed by atoms with E-state index in [0.717, 1.165) is 31.2 Å². The molecule has 2 saturated carbocycles. The van der Waals surface area contributed by atoms with Crippen molar-refractivity contribution in [2.24, 2.45) is 5.41 Å². The maximum absolute atomic E-state index is 11.8. The van der Waals surface area contributed by atoms with E-state index in [4.69, 9.17) is 4.74 Å². The van der Waals surface area contributed by atoms with Gasteiger partial charge in [0.15, 0.2) is 0 Å². The van der Waals surface area contributed by atoms with Crippen LogP contribution in [0.2, 0.25) is 0 Å². The van der Waals surface area contributed by atoms with Gasteiger partial charge in [0.25, 0.3) is 0 Å². The first-order valence-corrected chi connectivity index (χ1v) is 9.08. The largest absolute Gasteiger partial charge is 0.462 e. The molecule has 1 aromatic heterocycles. The number of hydrogen-bond donors (Lipinski definition) is 0. The summed E-state index contributed by atoms with van der Waals surface area (Å²) in [5.41, 5.74) is 3.67. The SMILES string of the molecule is CCOC(=O)c1cnc2c(c1)CCN([C@H]1CCC3(CCC3)C1)C2. The highest BCUT2D eigenvalue weighted by atomic mass is 16.5. The van der Waals surface area contributed by atoms with Gasteiger partial charge in [0.2, 0.25) is 0 Å². The summed E-state index contributed by atoms with van der Waals surface area (Å²) in [5.74, 6) is -0.257. The van der Waals surface area contributed by atoms with Crippen LogP contribution in [-0.2, 0) is 17.7 Å². The van der Waals surface area contributed by atoms with Gasteiger partial charge in [0.05, 0.1) is 17.9 Å². The monoisotopic (exact) mass is 314 g/mol. The second-order valence-electron chi connectivity index (χ2n) is 7.52. The van der Waals surface area contributed by atoms with Crippen molar-refractivity contribution in [2.75, 3.05) is 13.2 Å². The Morgan fingerprint density at radius 1 is 1.43 bits per heavy atom. The molecule has 1 aliphatic heterocycles. The second-order valence-corrected chi connectivity index (χ2v) is 7.52. The first kappa shape index (κ1) is 15.1. The average Bonchev–Trinajstić information content (AvgIpc) is 3.00. The highest BCUT2D eigenvalue weighted by Crippen LogP contribution is 2.54. The fraction of sp³-hybridized carbons (Fsp3) is 0.684. The Kier molecular flexibility index (Phi) is 3.88. The third-order valence-electron chi connectivity index (χ3n) is 6.20. The number of carbonyl (C=O) groups excluding carboxylic acids is 1. The zero-order chi connectivity index (χ0) is 15.9. The summed E-state index contributed by atoms with van der Waals surface area (Å²) in [7, 11) is 0. The van der Waals surface area contributed by atoms with Gasteiger partial charge in [0, 0.05) is 25.3 Å². The molecule has 1 spiro atoms. The number of esters is 1. The summed E-state index contributed by atoms with van der Waals surface area (Å²) >= 11 is 0. The van der Waals surface area contributed by atoms with Crippen LogP contribution in [0.15, 0.2) is 12.3 Å². The average molecular weight is 314 g/mol. The zero-order valence-corrected chi connectivity index (χ0v) is 14.0. The molecule has 4 nitrogen and oxygen atoms in total. The molecule has 3 aliphatic rings. The number of aromatic nitrogens is 1. The van der Waals surface area contributed by atoms with Crippen LogP contribution in [0.4, 0.5) is 0 Å². The second kappa shape index (κ2) is 5.90. The Hall–Kier alpha value is -1.42. The van der Waals surface area contributed by atoms with Crippen LogP contribution in [0.1, 0.15) is 67.1 Å². The molecule has 4 heteroatoms. The molecule has 2 aliphatic carbocycles. The molecule has 0 aromatic carbocycles. The Morgan fingerprint density at radius 2 is 2.30 bits per heavy atom. The molecule has 0 amide bonds. The van der Waals surface area contributed by atoms with E-state index in [-0.39, 0.29) is 5.97 Å². The van der Waals surface area contributed by atoms with Gasteiger partial charge in [-0.2, -0.15) is 0 Å². The maximum atomic E-state index is 11.8. The van der Waals surface area contributed by atoms with Crippen LogP contribution in [0.25, 0.3) is 0 Å². The third kappa shape index (κ3) is 2.78. The van der Waals surface area contributed by atoms with E-state index in [1.54, 1.807) is 6.20 Å². The molecule has 23 heavy (non-hydrogen) atoms. The van der Waals surface area contributed by atoms with Crippen molar-refractivity contribution >= 4 is 5.97 Å². The Morgan fingerprint density at radius 3 is 3.00 bits per heavy atom. The molecule has 2 fully saturated rings. The van der Waals surface area contributed by atoms with Crippen molar-refractivity contribution in [3.63, 3.8) is 0 Å². The van der Waals surface area contributed by atoms with Crippen molar-refractivity contribution in [2.45, 2.75) is 64.5 Å². The molecule has 1 aromatic rings. The molecule has 0 N–H and O–H groups in total. The maximum Gasteiger partial charge on any atom is 0.339 e. The summed E-state index contributed by atoms with van der Waals surface area (Å²) in [5, 5.41) is 0. The summed E-state index contributed by atoms with van der Waals surface area (Å²) in [6.45, 7) is 4.28. The lowest BCUT2D eigenvalue weighted by Gasteiger charge is -2.40. The van der Waals surface area contributed by atoms with Crippen molar-refractivity contribution < 1.29 is 9.53 Å². The lowest BCUT2D eigenvalue weighted by atomic mass is 9.67. The summed E-state index contributed by atoms with van der Waals surface area (Å²) in [6, 6.07) is 2.73. The molecule has 2 heterocycles. The van der Waals surface area contributed by atoms with Crippen LogP contribution in [-0.4, -0.2) is 35.0 Å². The van der Waals surface area contributed by atoms with E-state index in [1.165, 1.54) is 44.1 Å². The zero-order valence-electron chi connectivity index (χ0n) is 14.0. The predicted octanol–water partition coefficient (Wildman–Crippen LogP) is 3.34. The minimum absolute atomic E-state index is 0.257. The summed E-state index contributed by atoms with van der Waals surface area (Å²) in [4.78, 5) is 19.0. The van der Waals surface area contributed by atoms with E-state index < -0.39 is 0 Å². The van der Waals surface area contributed by atoms with Crippen LogP contribution in [0.3, 0.4) is 0 Å². The first-order chi connectivity index (χ1) is 11.2. The van der Waals surface area contributed by atoms with Gasteiger partial charge in [-0.25, -0.2) is 4.79 Å². The minimum atomic E-state index is -0.257. The third-order valence-corrected chi connectivity index (χ3v) is 6.20. The van der Waals surface area contributed by atoms with Crippen LogP contribution < -0.4 is 0 Å². The van der Waals surface area contributed by atoms with E-state index in [2.05, 4.69) is 9.88 Å². The number of nitrogens with zero attached hydrogens (tertiary/aromatic N) is 2. The first-order valence-electron chi connectivity index (χ1n) is 9.08. The fourth-order valence-corrected chi connectivity index (χ4v) is 4.69. The Labute approximate surface area is 138 Å². The standard InChI is InChI=1S/C19H26N2O2/c1-2-23-18(22)15-10-14-5-9-21(13-17(14)20-12-15)16-4-8-19(11-16)6-3-7-19/h10,12,16H,2-9,11,13H2,1H3/t16-/m0/s1. The molecule has 0 saturated heterocycles. The molecule has 0 radical (unpaired) electrons. The molecule has 0 bridgehead atoms. The highest BCUT2D eigenvalue weighted by Gasteiger charge is 2.45. The number of rotatable bonds is 3. The van der Waals surface area contributed by atoms with Gasteiger partial charge >= 0.3 is 5.97 Å². The lowest BCUT2D eigenvalue weighted by molar-refractivity contribution is 0.0525. The topological polar surface area (TPSA) is 42.4 Å². The Balaban J connectivity index is 1.44. The molecular weight excluding hydrogens is 288 g/mol.